The number of esters is 1. The van der Waals surface area contributed by atoms with E-state index in [0.717, 1.165) is 6.20 Å². The first kappa shape index (κ1) is 19.6. The molecule has 0 saturated heterocycles. The molecule has 0 aliphatic carbocycles. The van der Waals surface area contributed by atoms with Crippen molar-refractivity contribution in [2.45, 2.75) is 26.5 Å². The minimum Gasteiger partial charge on any atom is -0.462 e. The number of hydrogen-bond donors (Lipinski definition) is 2. The van der Waals surface area contributed by atoms with E-state index in [1.54, 1.807) is 6.92 Å². The van der Waals surface area contributed by atoms with Crippen LogP contribution < -0.4 is 5.32 Å². The molecular formula is C15H15F4NO4. The second-order valence-corrected chi connectivity index (χ2v) is 4.55. The lowest BCUT2D eigenvalue weighted by molar-refractivity contribution is -0.138. The summed E-state index contributed by atoms with van der Waals surface area (Å²) in [4.78, 5) is 24.0. The predicted octanol–water partition coefficient (Wildman–Crippen LogP) is 2.19. The Balaban J connectivity index is 3.33. The summed E-state index contributed by atoms with van der Waals surface area (Å²) >= 11 is 0. The molecule has 1 rings (SSSR count). The average molecular weight is 349 g/mol. The lowest BCUT2D eigenvalue weighted by Gasteiger charge is -2.11. The van der Waals surface area contributed by atoms with E-state index in [4.69, 9.17) is 0 Å². The van der Waals surface area contributed by atoms with Crippen molar-refractivity contribution in [3.8, 4) is 0 Å². The molecule has 0 radical (unpaired) electrons. The molecule has 0 amide bonds. The summed E-state index contributed by atoms with van der Waals surface area (Å²) in [5.74, 6) is -10.6. The molecule has 0 bridgehead atoms. The van der Waals surface area contributed by atoms with Gasteiger partial charge in [0.1, 0.15) is 11.8 Å². The molecule has 0 spiro atoms. The maximum absolute atomic E-state index is 13.7. The molecule has 0 aliphatic rings. The van der Waals surface area contributed by atoms with E-state index in [-0.39, 0.29) is 19.1 Å². The molecule has 0 fully saturated rings. The smallest absolute Gasteiger partial charge is 0.343 e. The second-order valence-electron chi connectivity index (χ2n) is 4.55. The van der Waals surface area contributed by atoms with Crippen LogP contribution in [0.15, 0.2) is 17.8 Å². The number of ether oxygens (including phenoxy) is 1. The van der Waals surface area contributed by atoms with Crippen LogP contribution in [0, 0.1) is 23.3 Å². The molecule has 0 aromatic heterocycles. The number of benzene rings is 1. The number of ketones is 1. The van der Waals surface area contributed by atoms with Crippen LogP contribution in [0.3, 0.4) is 0 Å². The summed E-state index contributed by atoms with van der Waals surface area (Å²) in [6.07, 6.45) is -0.184. The van der Waals surface area contributed by atoms with Gasteiger partial charge in [-0.25, -0.2) is 22.4 Å². The molecule has 0 saturated carbocycles. The predicted molar refractivity (Wildman–Crippen MR) is 74.8 cm³/mol. The summed E-state index contributed by atoms with van der Waals surface area (Å²) in [6, 6.07) is 0.138. The largest absolute Gasteiger partial charge is 0.462 e. The molecule has 132 valence electrons. The second kappa shape index (κ2) is 8.44. The summed E-state index contributed by atoms with van der Waals surface area (Å²) < 4.78 is 57.8. The minimum absolute atomic E-state index is 0.131. The van der Waals surface area contributed by atoms with Gasteiger partial charge in [0.05, 0.1) is 12.2 Å². The Kier molecular flexibility index (Phi) is 6.90. The number of nitrogens with one attached hydrogen (secondary N) is 1. The van der Waals surface area contributed by atoms with Crippen LogP contribution in [0.2, 0.25) is 0 Å². The van der Waals surface area contributed by atoms with Crippen LogP contribution in [-0.4, -0.2) is 29.7 Å². The number of carbonyl (C=O) groups is 2. The van der Waals surface area contributed by atoms with Crippen LogP contribution >= 0.6 is 0 Å². The van der Waals surface area contributed by atoms with Crippen molar-refractivity contribution in [1.82, 2.24) is 5.32 Å². The molecule has 5 nitrogen and oxygen atoms in total. The summed E-state index contributed by atoms with van der Waals surface area (Å²) in [7, 11) is 0. The first-order chi connectivity index (χ1) is 11.2. The number of carbonyl (C=O) groups excluding carboxylic acids is 2. The lowest BCUT2D eigenvalue weighted by atomic mass is 10.0. The van der Waals surface area contributed by atoms with Gasteiger partial charge in [0.25, 0.3) is 0 Å². The maximum Gasteiger partial charge on any atom is 0.343 e. The Morgan fingerprint density at radius 1 is 1.21 bits per heavy atom. The van der Waals surface area contributed by atoms with Crippen LogP contribution in [0.4, 0.5) is 17.6 Å². The fourth-order valence-corrected chi connectivity index (χ4v) is 1.61. The standard InChI is InChI=1S/C15H15F4NO4/c1-3-10(21)20-6-8(15(23)24-4-2)14(22)7-5-9(16)12(18)13(19)11(7)17/h5-6,10,20-21H,3-4H2,1-2H3. The monoisotopic (exact) mass is 349 g/mol. The Hall–Kier alpha value is -2.42. The maximum atomic E-state index is 13.7. The quantitative estimate of drug-likeness (QED) is 0.0908. The van der Waals surface area contributed by atoms with Gasteiger partial charge in [-0.1, -0.05) is 6.92 Å². The first-order valence-corrected chi connectivity index (χ1v) is 6.93. The number of rotatable bonds is 7. The zero-order valence-corrected chi connectivity index (χ0v) is 12.8. The van der Waals surface area contributed by atoms with Crippen molar-refractivity contribution in [3.63, 3.8) is 0 Å². The van der Waals surface area contributed by atoms with E-state index in [1.165, 1.54) is 6.92 Å². The number of Topliss-reactive ketones (excluding diaryl/α,β-unsaturated/α-hetero) is 1. The molecule has 0 aliphatic heterocycles. The van der Waals surface area contributed by atoms with Crippen molar-refractivity contribution in [1.29, 1.82) is 0 Å². The zero-order chi connectivity index (χ0) is 18.4. The van der Waals surface area contributed by atoms with Crippen LogP contribution in [0.5, 0.6) is 0 Å². The van der Waals surface area contributed by atoms with E-state index in [1.807, 2.05) is 0 Å². The van der Waals surface area contributed by atoms with Crippen molar-refractivity contribution in [2.24, 2.45) is 0 Å². The summed E-state index contributed by atoms with van der Waals surface area (Å²) in [5.41, 5.74) is -1.99. The van der Waals surface area contributed by atoms with E-state index in [9.17, 15) is 32.3 Å². The third kappa shape index (κ3) is 4.31. The van der Waals surface area contributed by atoms with Gasteiger partial charge in [-0.3, -0.25) is 4.79 Å². The third-order valence-corrected chi connectivity index (χ3v) is 2.89. The van der Waals surface area contributed by atoms with Gasteiger partial charge < -0.3 is 15.2 Å². The normalized spacial score (nSPS) is 12.7. The highest BCUT2D eigenvalue weighted by Crippen LogP contribution is 2.21. The molecule has 9 heteroatoms. The van der Waals surface area contributed by atoms with Gasteiger partial charge in [-0.15, -0.1) is 0 Å². The molecule has 1 aromatic carbocycles. The van der Waals surface area contributed by atoms with E-state index < -0.39 is 52.4 Å². The molecule has 0 heterocycles. The Bertz CT molecular complexity index is 676. The van der Waals surface area contributed by atoms with E-state index >= 15 is 0 Å². The first-order valence-electron chi connectivity index (χ1n) is 6.93. The molecule has 1 unspecified atom stereocenters. The number of hydrogen-bond acceptors (Lipinski definition) is 5. The number of aliphatic hydroxyl groups excluding tert-OH is 1. The summed E-state index contributed by atoms with van der Waals surface area (Å²) in [6.45, 7) is 2.89. The van der Waals surface area contributed by atoms with Gasteiger partial charge in [0, 0.05) is 6.20 Å². The highest BCUT2D eigenvalue weighted by Gasteiger charge is 2.28. The SMILES string of the molecule is CCOC(=O)C(=CNC(O)CC)C(=O)c1cc(F)c(F)c(F)c1F. The number of halogens is 4. The number of aliphatic hydroxyl groups is 1. The van der Waals surface area contributed by atoms with Gasteiger partial charge in [-0.2, -0.15) is 0 Å². The summed E-state index contributed by atoms with van der Waals surface area (Å²) in [5, 5.41) is 11.7. The van der Waals surface area contributed by atoms with Gasteiger partial charge >= 0.3 is 5.97 Å². The van der Waals surface area contributed by atoms with Crippen LogP contribution in [0.1, 0.15) is 30.6 Å². The van der Waals surface area contributed by atoms with Crippen LogP contribution in [-0.2, 0) is 9.53 Å². The van der Waals surface area contributed by atoms with Gasteiger partial charge in [0.2, 0.25) is 5.78 Å². The Morgan fingerprint density at radius 3 is 2.38 bits per heavy atom. The molecular weight excluding hydrogens is 334 g/mol. The van der Waals surface area contributed by atoms with Crippen molar-refractivity contribution in [3.05, 3.63) is 46.7 Å². The minimum atomic E-state index is -2.18. The highest BCUT2D eigenvalue weighted by molar-refractivity contribution is 6.24. The fraction of sp³-hybridized carbons (Fsp3) is 0.333. The molecule has 1 aromatic rings. The molecule has 24 heavy (non-hydrogen) atoms. The van der Waals surface area contributed by atoms with Crippen LogP contribution in [0.25, 0.3) is 0 Å². The lowest BCUT2D eigenvalue weighted by Crippen LogP contribution is -2.26. The average Bonchev–Trinajstić information content (AvgIpc) is 2.56. The molecule has 1 atom stereocenters. The Labute approximate surface area is 134 Å². The zero-order valence-electron chi connectivity index (χ0n) is 12.8. The van der Waals surface area contributed by atoms with Gasteiger partial charge in [-0.05, 0) is 19.4 Å². The van der Waals surface area contributed by atoms with Crippen molar-refractivity contribution >= 4 is 11.8 Å². The van der Waals surface area contributed by atoms with Crippen molar-refractivity contribution < 1.29 is 37.0 Å². The Morgan fingerprint density at radius 2 is 1.83 bits per heavy atom. The topological polar surface area (TPSA) is 75.6 Å². The van der Waals surface area contributed by atoms with E-state index in [0.29, 0.717) is 0 Å². The third-order valence-electron chi connectivity index (χ3n) is 2.89. The highest BCUT2D eigenvalue weighted by atomic mass is 19.2. The van der Waals surface area contributed by atoms with Crippen molar-refractivity contribution in [2.75, 3.05) is 6.61 Å². The van der Waals surface area contributed by atoms with Gasteiger partial charge in [0.15, 0.2) is 23.3 Å². The molecule has 2 N–H and O–H groups in total. The fourth-order valence-electron chi connectivity index (χ4n) is 1.61. The van der Waals surface area contributed by atoms with E-state index in [2.05, 4.69) is 10.1 Å².